The third-order valence-corrected chi connectivity index (χ3v) is 6.65. The number of rotatable bonds is 9. The average molecular weight is 451 g/mol. The van der Waals surface area contributed by atoms with E-state index in [4.69, 9.17) is 9.84 Å². The number of aliphatic carboxylic acids is 1. The first kappa shape index (κ1) is 22.8. The van der Waals surface area contributed by atoms with Crippen LogP contribution < -0.4 is 10.6 Å². The molecule has 1 saturated carbocycles. The maximum Gasteiger partial charge on any atom is 0.407 e. The molecule has 0 aromatic heterocycles. The number of carboxylic acid groups (broad SMARTS) is 1. The van der Waals surface area contributed by atoms with Crippen LogP contribution in [0.25, 0.3) is 11.1 Å². The molecule has 33 heavy (non-hydrogen) atoms. The lowest BCUT2D eigenvalue weighted by molar-refractivity contribution is -0.139. The van der Waals surface area contributed by atoms with E-state index in [0.717, 1.165) is 11.1 Å². The monoisotopic (exact) mass is 450 g/mol. The number of alkyl carbamates (subject to hydrolysis) is 1. The van der Waals surface area contributed by atoms with Gasteiger partial charge in [0.25, 0.3) is 0 Å². The maximum atomic E-state index is 12.5. The topological polar surface area (TPSA) is 105 Å². The molecule has 2 aromatic rings. The maximum absolute atomic E-state index is 12.5. The van der Waals surface area contributed by atoms with Crippen molar-refractivity contribution in [3.8, 4) is 11.1 Å². The predicted octanol–water partition coefficient (Wildman–Crippen LogP) is 4.06. The quantitative estimate of drug-likeness (QED) is 0.534. The highest BCUT2D eigenvalue weighted by Crippen LogP contribution is 2.44. The van der Waals surface area contributed by atoms with Crippen LogP contribution in [0.3, 0.4) is 0 Å². The van der Waals surface area contributed by atoms with Gasteiger partial charge in [-0.05, 0) is 47.4 Å². The summed E-state index contributed by atoms with van der Waals surface area (Å²) < 4.78 is 5.58. The van der Waals surface area contributed by atoms with Crippen LogP contribution in [0.4, 0.5) is 4.79 Å². The molecule has 2 aromatic carbocycles. The Bertz CT molecular complexity index is 985. The van der Waals surface area contributed by atoms with Crippen molar-refractivity contribution in [3.05, 3.63) is 59.7 Å². The summed E-state index contributed by atoms with van der Waals surface area (Å²) in [6, 6.07) is 16.0. The second-order valence-corrected chi connectivity index (χ2v) is 8.98. The Labute approximate surface area is 193 Å². The molecule has 1 fully saturated rings. The lowest BCUT2D eigenvalue weighted by atomic mass is 9.78. The fraction of sp³-hybridized carbons (Fsp3) is 0.423. The summed E-state index contributed by atoms with van der Waals surface area (Å²) in [5.41, 5.74) is 4.65. The molecule has 2 amide bonds. The van der Waals surface area contributed by atoms with Crippen molar-refractivity contribution in [2.24, 2.45) is 5.92 Å². The number of benzene rings is 2. The van der Waals surface area contributed by atoms with E-state index in [0.29, 0.717) is 19.3 Å². The van der Waals surface area contributed by atoms with Crippen molar-refractivity contribution in [1.29, 1.82) is 0 Å². The lowest BCUT2D eigenvalue weighted by Gasteiger charge is -2.35. The number of nitrogens with one attached hydrogen (secondary N) is 2. The van der Waals surface area contributed by atoms with E-state index in [-0.39, 0.29) is 49.3 Å². The number of fused-ring (bicyclic) bond motifs is 3. The van der Waals surface area contributed by atoms with Gasteiger partial charge < -0.3 is 20.5 Å². The second kappa shape index (κ2) is 10.1. The molecule has 0 heterocycles. The van der Waals surface area contributed by atoms with E-state index in [1.807, 2.05) is 31.2 Å². The Morgan fingerprint density at radius 3 is 2.21 bits per heavy atom. The molecule has 0 radical (unpaired) electrons. The molecule has 2 aliphatic carbocycles. The Kier molecular flexibility index (Phi) is 6.96. The minimum Gasteiger partial charge on any atom is -0.481 e. The van der Waals surface area contributed by atoms with Gasteiger partial charge in [0.05, 0.1) is 0 Å². The average Bonchev–Trinajstić information content (AvgIpc) is 3.09. The number of carbonyl (C=O) groups excluding carboxylic acids is 2. The third kappa shape index (κ3) is 5.35. The Morgan fingerprint density at radius 2 is 1.64 bits per heavy atom. The molecule has 1 atom stereocenters. The van der Waals surface area contributed by atoms with Crippen LogP contribution in [0.2, 0.25) is 0 Å². The number of amides is 2. The van der Waals surface area contributed by atoms with Gasteiger partial charge in [-0.2, -0.15) is 0 Å². The van der Waals surface area contributed by atoms with Crippen LogP contribution in [-0.2, 0) is 14.3 Å². The van der Waals surface area contributed by atoms with Gasteiger partial charge in [0.2, 0.25) is 5.91 Å². The van der Waals surface area contributed by atoms with Crippen molar-refractivity contribution in [3.63, 3.8) is 0 Å². The molecule has 3 N–H and O–H groups in total. The van der Waals surface area contributed by atoms with Crippen molar-refractivity contribution in [2.75, 3.05) is 6.61 Å². The summed E-state index contributed by atoms with van der Waals surface area (Å²) in [6.45, 7) is 2.14. The zero-order chi connectivity index (χ0) is 23.4. The normalized spacial score (nSPS) is 19.5. The fourth-order valence-corrected chi connectivity index (χ4v) is 4.88. The Balaban J connectivity index is 1.25. The predicted molar refractivity (Wildman–Crippen MR) is 124 cm³/mol. The molecule has 7 heteroatoms. The van der Waals surface area contributed by atoms with E-state index in [1.54, 1.807) is 0 Å². The molecule has 0 spiro atoms. The molecular formula is C26H30N2O5. The smallest absolute Gasteiger partial charge is 0.407 e. The van der Waals surface area contributed by atoms with Gasteiger partial charge in [-0.25, -0.2) is 4.79 Å². The standard InChI is InChI=1S/C26H30N2O5/c1-2-17(14-24(29)27-18-11-16(12-18)13-25(30)31)28-26(32)33-15-23-21-9-5-3-7-19(21)20-8-4-6-10-22(20)23/h3-10,16-18,23H,2,11-15H2,1H3,(H,27,29)(H,28,32)(H,30,31)/t16?,17-,18?/m0/s1. The van der Waals surface area contributed by atoms with Crippen LogP contribution in [-0.4, -0.2) is 41.8 Å². The molecule has 2 aliphatic rings. The fourth-order valence-electron chi connectivity index (χ4n) is 4.88. The van der Waals surface area contributed by atoms with Gasteiger partial charge in [-0.1, -0.05) is 55.5 Å². The van der Waals surface area contributed by atoms with Gasteiger partial charge >= 0.3 is 12.1 Å². The molecule has 0 saturated heterocycles. The number of carboxylic acids is 1. The first-order valence-corrected chi connectivity index (χ1v) is 11.6. The van der Waals surface area contributed by atoms with E-state index in [2.05, 4.69) is 34.9 Å². The summed E-state index contributed by atoms with van der Waals surface area (Å²) in [5, 5.41) is 14.6. The molecule has 174 valence electrons. The molecule has 4 rings (SSSR count). The zero-order valence-electron chi connectivity index (χ0n) is 18.8. The van der Waals surface area contributed by atoms with Gasteiger partial charge in [-0.3, -0.25) is 9.59 Å². The highest BCUT2D eigenvalue weighted by molar-refractivity contribution is 5.80. The second-order valence-electron chi connectivity index (χ2n) is 8.98. The summed E-state index contributed by atoms with van der Waals surface area (Å²) in [5.74, 6) is -0.819. The van der Waals surface area contributed by atoms with E-state index >= 15 is 0 Å². The van der Waals surface area contributed by atoms with Crippen molar-refractivity contribution >= 4 is 18.0 Å². The van der Waals surface area contributed by atoms with E-state index in [9.17, 15) is 14.4 Å². The van der Waals surface area contributed by atoms with Gasteiger partial charge in [0.15, 0.2) is 0 Å². The number of carbonyl (C=O) groups is 3. The SMILES string of the molecule is CC[C@@H](CC(=O)NC1CC(CC(=O)O)C1)NC(=O)OCC1c2ccccc2-c2ccccc21. The summed E-state index contributed by atoms with van der Waals surface area (Å²) in [6.07, 6.45) is 1.77. The van der Waals surface area contributed by atoms with E-state index in [1.165, 1.54) is 11.1 Å². The van der Waals surface area contributed by atoms with Crippen LogP contribution in [0.15, 0.2) is 48.5 Å². The van der Waals surface area contributed by atoms with Crippen LogP contribution >= 0.6 is 0 Å². The number of hydrogen-bond donors (Lipinski definition) is 3. The van der Waals surface area contributed by atoms with Crippen LogP contribution in [0.1, 0.15) is 56.1 Å². The van der Waals surface area contributed by atoms with E-state index < -0.39 is 12.1 Å². The minimum atomic E-state index is -0.803. The van der Waals surface area contributed by atoms with Crippen molar-refractivity contribution in [2.45, 2.75) is 57.0 Å². The minimum absolute atomic E-state index is 0.0103. The molecule has 0 aliphatic heterocycles. The van der Waals surface area contributed by atoms with Crippen molar-refractivity contribution < 1.29 is 24.2 Å². The highest BCUT2D eigenvalue weighted by Gasteiger charge is 2.32. The van der Waals surface area contributed by atoms with Gasteiger partial charge in [0, 0.05) is 30.8 Å². The van der Waals surface area contributed by atoms with Crippen molar-refractivity contribution in [1.82, 2.24) is 10.6 Å². The first-order valence-electron chi connectivity index (χ1n) is 11.6. The zero-order valence-corrected chi connectivity index (χ0v) is 18.8. The van der Waals surface area contributed by atoms with Gasteiger partial charge in [0.1, 0.15) is 6.61 Å². The molecule has 0 unspecified atom stereocenters. The van der Waals surface area contributed by atoms with Crippen LogP contribution in [0, 0.1) is 5.92 Å². The summed E-state index contributed by atoms with van der Waals surface area (Å²) >= 11 is 0. The highest BCUT2D eigenvalue weighted by atomic mass is 16.5. The summed E-state index contributed by atoms with van der Waals surface area (Å²) in [4.78, 5) is 35.6. The Hall–Kier alpha value is -3.35. The largest absolute Gasteiger partial charge is 0.481 e. The lowest BCUT2D eigenvalue weighted by Crippen LogP contribution is -2.47. The number of hydrogen-bond acceptors (Lipinski definition) is 4. The number of ether oxygens (including phenoxy) is 1. The first-order chi connectivity index (χ1) is 15.9. The van der Waals surface area contributed by atoms with Crippen LogP contribution in [0.5, 0.6) is 0 Å². The molecular weight excluding hydrogens is 420 g/mol. The van der Waals surface area contributed by atoms with Gasteiger partial charge in [-0.15, -0.1) is 0 Å². The molecule has 7 nitrogen and oxygen atoms in total. The Morgan fingerprint density at radius 1 is 1.03 bits per heavy atom. The summed E-state index contributed by atoms with van der Waals surface area (Å²) in [7, 11) is 0. The molecule has 0 bridgehead atoms. The third-order valence-electron chi connectivity index (χ3n) is 6.65.